The van der Waals surface area contributed by atoms with Crippen LogP contribution in [0.1, 0.15) is 24.0 Å². The molecule has 0 saturated carbocycles. The number of nitriles is 1. The molecular formula is C19H13F4N3O2. The van der Waals surface area contributed by atoms with Gasteiger partial charge in [-0.25, -0.2) is 4.98 Å². The standard InChI is InChI=1S/C19H13F4N3O2/c20-18-14(6-2-1-3-10-24)8-9-16(26-18)25-17(27)12-13-5-4-7-15(11-13)28-19(21,22)23/h4-5,7-9,11H,1,3,12H2,(H,25,26,27). The number of anilines is 1. The maximum Gasteiger partial charge on any atom is 0.573 e. The molecule has 9 heteroatoms. The first-order valence-corrected chi connectivity index (χ1v) is 7.94. The Morgan fingerprint density at radius 1 is 1.21 bits per heavy atom. The maximum absolute atomic E-state index is 13.9. The number of nitrogens with one attached hydrogen (secondary N) is 1. The molecule has 1 N–H and O–H groups in total. The third-order valence-corrected chi connectivity index (χ3v) is 3.20. The SMILES string of the molecule is N#CCCC#Cc1ccc(NC(=O)Cc2cccc(OC(F)(F)F)c2)nc1F. The van der Waals surface area contributed by atoms with Crippen molar-refractivity contribution in [1.29, 1.82) is 5.26 Å². The molecular weight excluding hydrogens is 378 g/mol. The molecule has 144 valence electrons. The molecule has 1 amide bonds. The molecule has 0 bridgehead atoms. The third kappa shape index (κ3) is 6.96. The summed E-state index contributed by atoms with van der Waals surface area (Å²) in [6.45, 7) is 0. The molecule has 2 rings (SSSR count). The average Bonchev–Trinajstić information content (AvgIpc) is 2.59. The molecule has 0 spiro atoms. The number of nitrogens with zero attached hydrogens (tertiary/aromatic N) is 2. The zero-order valence-electron chi connectivity index (χ0n) is 14.3. The highest BCUT2D eigenvalue weighted by atomic mass is 19.4. The molecule has 0 radical (unpaired) electrons. The predicted octanol–water partition coefficient (Wildman–Crippen LogP) is 3.96. The van der Waals surface area contributed by atoms with Gasteiger partial charge in [-0.1, -0.05) is 24.0 Å². The van der Waals surface area contributed by atoms with Gasteiger partial charge in [-0.3, -0.25) is 4.79 Å². The number of carbonyl (C=O) groups is 1. The number of ether oxygens (including phenoxy) is 1. The number of halogens is 4. The number of unbranched alkanes of at least 4 members (excludes halogenated alkanes) is 1. The quantitative estimate of drug-likeness (QED) is 0.362. The molecule has 1 aromatic carbocycles. The van der Waals surface area contributed by atoms with Crippen LogP contribution in [0.25, 0.3) is 0 Å². The Hall–Kier alpha value is -3.59. The first-order chi connectivity index (χ1) is 13.3. The Labute approximate surface area is 158 Å². The minimum Gasteiger partial charge on any atom is -0.406 e. The number of amides is 1. The number of carbonyl (C=O) groups excluding carboxylic acids is 1. The summed E-state index contributed by atoms with van der Waals surface area (Å²) < 4.78 is 54.4. The molecule has 1 heterocycles. The number of hydrogen-bond donors (Lipinski definition) is 1. The molecule has 5 nitrogen and oxygen atoms in total. The van der Waals surface area contributed by atoms with E-state index in [-0.39, 0.29) is 29.8 Å². The lowest BCUT2D eigenvalue weighted by Crippen LogP contribution is -2.18. The van der Waals surface area contributed by atoms with Crippen LogP contribution in [0, 0.1) is 29.1 Å². The predicted molar refractivity (Wildman–Crippen MR) is 91.4 cm³/mol. The van der Waals surface area contributed by atoms with Crippen molar-refractivity contribution in [1.82, 2.24) is 4.98 Å². The molecule has 0 fully saturated rings. The van der Waals surface area contributed by atoms with E-state index in [1.807, 2.05) is 6.07 Å². The average molecular weight is 391 g/mol. The van der Waals surface area contributed by atoms with Gasteiger partial charge in [-0.05, 0) is 29.8 Å². The Morgan fingerprint density at radius 2 is 2.00 bits per heavy atom. The van der Waals surface area contributed by atoms with Crippen LogP contribution in [0.15, 0.2) is 36.4 Å². The summed E-state index contributed by atoms with van der Waals surface area (Å²) in [6, 6.07) is 9.56. The molecule has 0 aliphatic rings. The van der Waals surface area contributed by atoms with Gasteiger partial charge in [0, 0.05) is 12.8 Å². The fourth-order valence-electron chi connectivity index (χ4n) is 2.10. The van der Waals surface area contributed by atoms with Crippen LogP contribution in [-0.4, -0.2) is 17.3 Å². The molecule has 28 heavy (non-hydrogen) atoms. The van der Waals surface area contributed by atoms with Gasteiger partial charge in [0.05, 0.1) is 18.1 Å². The monoisotopic (exact) mass is 391 g/mol. The van der Waals surface area contributed by atoms with Crippen molar-refractivity contribution in [3.8, 4) is 23.7 Å². The summed E-state index contributed by atoms with van der Waals surface area (Å²) in [5, 5.41) is 10.8. The number of rotatable bonds is 5. The van der Waals surface area contributed by atoms with Crippen LogP contribution >= 0.6 is 0 Å². The Morgan fingerprint density at radius 3 is 2.68 bits per heavy atom. The smallest absolute Gasteiger partial charge is 0.406 e. The fourth-order valence-corrected chi connectivity index (χ4v) is 2.10. The van der Waals surface area contributed by atoms with Gasteiger partial charge in [0.15, 0.2) is 0 Å². The van der Waals surface area contributed by atoms with Crippen LogP contribution in [0.4, 0.5) is 23.4 Å². The summed E-state index contributed by atoms with van der Waals surface area (Å²) in [5.74, 6) is 3.18. The largest absolute Gasteiger partial charge is 0.573 e. The van der Waals surface area contributed by atoms with Crippen molar-refractivity contribution in [2.24, 2.45) is 0 Å². The van der Waals surface area contributed by atoms with E-state index >= 15 is 0 Å². The molecule has 0 aliphatic carbocycles. The second kappa shape index (κ2) is 9.38. The lowest BCUT2D eigenvalue weighted by molar-refractivity contribution is -0.274. The van der Waals surface area contributed by atoms with Crippen molar-refractivity contribution in [2.75, 3.05) is 5.32 Å². The van der Waals surface area contributed by atoms with E-state index in [2.05, 4.69) is 26.9 Å². The van der Waals surface area contributed by atoms with Crippen LogP contribution in [0.2, 0.25) is 0 Å². The fraction of sp³-hybridized carbons (Fsp3) is 0.211. The van der Waals surface area contributed by atoms with Gasteiger partial charge in [-0.15, -0.1) is 13.2 Å². The number of alkyl halides is 3. The highest BCUT2D eigenvalue weighted by molar-refractivity contribution is 5.91. The number of benzene rings is 1. The van der Waals surface area contributed by atoms with Crippen molar-refractivity contribution < 1.29 is 27.1 Å². The minimum atomic E-state index is -4.83. The lowest BCUT2D eigenvalue weighted by Gasteiger charge is -2.10. The van der Waals surface area contributed by atoms with Gasteiger partial charge in [0.25, 0.3) is 0 Å². The van der Waals surface area contributed by atoms with Crippen LogP contribution in [0.3, 0.4) is 0 Å². The Kier molecular flexibility index (Phi) is 6.94. The lowest BCUT2D eigenvalue weighted by atomic mass is 10.1. The normalized spacial score (nSPS) is 10.4. The first kappa shape index (κ1) is 20.7. The van der Waals surface area contributed by atoms with E-state index in [9.17, 15) is 22.4 Å². The van der Waals surface area contributed by atoms with Crippen LogP contribution in [-0.2, 0) is 11.2 Å². The topological polar surface area (TPSA) is 75.0 Å². The van der Waals surface area contributed by atoms with Gasteiger partial charge in [0.1, 0.15) is 11.6 Å². The Bertz CT molecular complexity index is 956. The van der Waals surface area contributed by atoms with Crippen molar-refractivity contribution in [2.45, 2.75) is 25.6 Å². The molecule has 0 unspecified atom stereocenters. The summed E-state index contributed by atoms with van der Waals surface area (Å²) in [5.41, 5.74) is 0.299. The molecule has 0 saturated heterocycles. The van der Waals surface area contributed by atoms with Gasteiger partial charge < -0.3 is 10.1 Å². The highest BCUT2D eigenvalue weighted by Crippen LogP contribution is 2.23. The van der Waals surface area contributed by atoms with E-state index in [0.29, 0.717) is 6.42 Å². The summed E-state index contributed by atoms with van der Waals surface area (Å²) >= 11 is 0. The first-order valence-electron chi connectivity index (χ1n) is 7.94. The van der Waals surface area contributed by atoms with E-state index in [1.165, 1.54) is 24.3 Å². The number of hydrogen-bond acceptors (Lipinski definition) is 4. The van der Waals surface area contributed by atoms with Gasteiger partial charge >= 0.3 is 6.36 Å². The number of pyridine rings is 1. The van der Waals surface area contributed by atoms with Crippen molar-refractivity contribution in [3.63, 3.8) is 0 Å². The second-order valence-electron chi connectivity index (χ2n) is 5.41. The van der Waals surface area contributed by atoms with E-state index < -0.39 is 24.0 Å². The van der Waals surface area contributed by atoms with E-state index in [0.717, 1.165) is 12.1 Å². The second-order valence-corrected chi connectivity index (χ2v) is 5.41. The van der Waals surface area contributed by atoms with E-state index in [1.54, 1.807) is 0 Å². The third-order valence-electron chi connectivity index (χ3n) is 3.20. The van der Waals surface area contributed by atoms with Gasteiger partial charge in [0.2, 0.25) is 11.9 Å². The summed E-state index contributed by atoms with van der Waals surface area (Å²) in [7, 11) is 0. The minimum absolute atomic E-state index is 0.0212. The summed E-state index contributed by atoms with van der Waals surface area (Å²) in [6.07, 6.45) is -4.56. The Balaban J connectivity index is 1.99. The summed E-state index contributed by atoms with van der Waals surface area (Å²) in [4.78, 5) is 15.6. The van der Waals surface area contributed by atoms with Crippen LogP contribution in [0.5, 0.6) is 5.75 Å². The number of aromatic nitrogens is 1. The molecule has 0 aliphatic heterocycles. The molecule has 1 aromatic heterocycles. The van der Waals surface area contributed by atoms with Crippen molar-refractivity contribution in [3.05, 3.63) is 53.5 Å². The molecule has 0 atom stereocenters. The zero-order chi connectivity index (χ0) is 20.6. The van der Waals surface area contributed by atoms with Gasteiger partial charge in [-0.2, -0.15) is 9.65 Å². The maximum atomic E-state index is 13.9. The van der Waals surface area contributed by atoms with Crippen LogP contribution < -0.4 is 10.1 Å². The van der Waals surface area contributed by atoms with E-state index in [4.69, 9.17) is 5.26 Å². The molecule has 2 aromatic rings. The highest BCUT2D eigenvalue weighted by Gasteiger charge is 2.31. The zero-order valence-corrected chi connectivity index (χ0v) is 14.3. The van der Waals surface area contributed by atoms with Crippen molar-refractivity contribution >= 4 is 11.7 Å².